The number of para-hydroxylation sites is 1. The van der Waals surface area contributed by atoms with Crippen molar-refractivity contribution in [3.63, 3.8) is 0 Å². The first-order chi connectivity index (χ1) is 7.63. The van der Waals surface area contributed by atoms with Crippen molar-refractivity contribution in [2.75, 3.05) is 22.9 Å². The van der Waals surface area contributed by atoms with E-state index >= 15 is 0 Å². The number of thiol groups is 1. The molecule has 1 fully saturated rings. The van der Waals surface area contributed by atoms with Crippen LogP contribution in [0.5, 0.6) is 0 Å². The van der Waals surface area contributed by atoms with E-state index < -0.39 is 0 Å². The highest BCUT2D eigenvalue weighted by Crippen LogP contribution is 2.34. The summed E-state index contributed by atoms with van der Waals surface area (Å²) in [5.41, 5.74) is 7.05. The fourth-order valence-corrected chi connectivity index (χ4v) is 2.31. The van der Waals surface area contributed by atoms with E-state index in [0.717, 1.165) is 0 Å². The van der Waals surface area contributed by atoms with E-state index in [4.69, 9.17) is 17.3 Å². The minimum Gasteiger partial charge on any atom is -0.396 e. The van der Waals surface area contributed by atoms with Crippen LogP contribution >= 0.6 is 24.2 Å². The van der Waals surface area contributed by atoms with Crippen LogP contribution in [0.25, 0.3) is 0 Å². The molecule has 86 valence electrons. The van der Waals surface area contributed by atoms with Gasteiger partial charge in [0.25, 0.3) is 0 Å². The molecule has 1 aromatic carbocycles. The number of hydrogen-bond acceptors (Lipinski definition) is 3. The second-order valence-corrected chi connectivity index (χ2v) is 4.70. The smallest absolute Gasteiger partial charge is 0.227 e. The summed E-state index contributed by atoms with van der Waals surface area (Å²) in [6.07, 6.45) is 0.537. The number of nitrogens with two attached hydrogens (primary N) is 1. The molecular weight excluding hydrogens is 244 g/mol. The van der Waals surface area contributed by atoms with E-state index in [1.807, 2.05) is 6.07 Å². The van der Waals surface area contributed by atoms with Crippen LogP contribution in [0.2, 0.25) is 5.02 Å². The predicted octanol–water partition coefficient (Wildman–Crippen LogP) is 2.20. The van der Waals surface area contributed by atoms with Crippen LogP contribution in [-0.4, -0.2) is 18.2 Å². The third-order valence-corrected chi connectivity index (χ3v) is 3.63. The van der Waals surface area contributed by atoms with Crippen molar-refractivity contribution in [2.45, 2.75) is 6.42 Å². The monoisotopic (exact) mass is 256 g/mol. The van der Waals surface area contributed by atoms with Gasteiger partial charge in [0.1, 0.15) is 0 Å². The van der Waals surface area contributed by atoms with Gasteiger partial charge in [-0.2, -0.15) is 12.6 Å². The number of carbonyl (C=O) groups excluding carboxylic acids is 1. The Kier molecular flexibility index (Phi) is 3.30. The van der Waals surface area contributed by atoms with E-state index in [9.17, 15) is 4.79 Å². The van der Waals surface area contributed by atoms with Gasteiger partial charge in [0.2, 0.25) is 5.91 Å². The maximum absolute atomic E-state index is 11.8. The summed E-state index contributed by atoms with van der Waals surface area (Å²) in [7, 11) is 0. The zero-order valence-corrected chi connectivity index (χ0v) is 10.3. The third-order valence-electron chi connectivity index (χ3n) is 2.78. The molecule has 1 unspecified atom stereocenters. The van der Waals surface area contributed by atoms with Crippen molar-refractivity contribution < 1.29 is 4.79 Å². The van der Waals surface area contributed by atoms with Crippen molar-refractivity contribution in [3.8, 4) is 0 Å². The second-order valence-electron chi connectivity index (χ2n) is 3.93. The molecule has 0 spiro atoms. The predicted molar refractivity (Wildman–Crippen MR) is 70.2 cm³/mol. The topological polar surface area (TPSA) is 46.3 Å². The number of anilines is 2. The van der Waals surface area contributed by atoms with E-state index in [0.29, 0.717) is 41.0 Å². The second kappa shape index (κ2) is 4.55. The lowest BCUT2D eigenvalue weighted by Gasteiger charge is -2.19. The molecule has 0 aliphatic carbocycles. The Labute approximate surface area is 105 Å². The molecular formula is C11H13ClN2OS. The summed E-state index contributed by atoms with van der Waals surface area (Å²) >= 11 is 10.2. The van der Waals surface area contributed by atoms with Crippen molar-refractivity contribution in [1.29, 1.82) is 0 Å². The Balaban J connectivity index is 2.31. The lowest BCUT2D eigenvalue weighted by Crippen LogP contribution is -2.25. The molecule has 1 atom stereocenters. The molecule has 1 heterocycles. The molecule has 2 rings (SSSR count). The molecule has 1 aliphatic rings. The van der Waals surface area contributed by atoms with Gasteiger partial charge in [-0.3, -0.25) is 4.79 Å². The van der Waals surface area contributed by atoms with Crippen LogP contribution in [-0.2, 0) is 4.79 Å². The molecule has 1 aliphatic heterocycles. The molecule has 0 bridgehead atoms. The highest BCUT2D eigenvalue weighted by atomic mass is 35.5. The number of nitrogens with zero attached hydrogens (tertiary/aromatic N) is 1. The molecule has 16 heavy (non-hydrogen) atoms. The average Bonchev–Trinajstić information content (AvgIpc) is 2.64. The molecule has 2 N–H and O–H groups in total. The lowest BCUT2D eigenvalue weighted by atomic mass is 10.1. The standard InChI is InChI=1S/C11H13ClN2OS/c12-8-2-1-3-9(11(8)13)14-5-7(6-16)4-10(14)15/h1-3,7,16H,4-6,13H2. The Hall–Kier alpha value is -0.870. The van der Waals surface area contributed by atoms with Gasteiger partial charge in [-0.05, 0) is 23.8 Å². The van der Waals surface area contributed by atoms with Gasteiger partial charge >= 0.3 is 0 Å². The third kappa shape index (κ3) is 1.99. The quantitative estimate of drug-likeness (QED) is 0.630. The fraction of sp³-hybridized carbons (Fsp3) is 0.364. The van der Waals surface area contributed by atoms with Crippen molar-refractivity contribution in [1.82, 2.24) is 0 Å². The first-order valence-electron chi connectivity index (χ1n) is 5.08. The van der Waals surface area contributed by atoms with Gasteiger partial charge in [-0.1, -0.05) is 17.7 Å². The van der Waals surface area contributed by atoms with E-state index in [2.05, 4.69) is 12.6 Å². The molecule has 1 saturated heterocycles. The maximum Gasteiger partial charge on any atom is 0.227 e. The van der Waals surface area contributed by atoms with Gasteiger partial charge in [-0.15, -0.1) is 0 Å². The van der Waals surface area contributed by atoms with Crippen LogP contribution in [0.1, 0.15) is 6.42 Å². The highest BCUT2D eigenvalue weighted by molar-refractivity contribution is 7.80. The number of hydrogen-bond donors (Lipinski definition) is 2. The lowest BCUT2D eigenvalue weighted by molar-refractivity contribution is -0.117. The Morgan fingerprint density at radius 1 is 1.56 bits per heavy atom. The average molecular weight is 257 g/mol. The first kappa shape index (κ1) is 11.6. The molecule has 0 aromatic heterocycles. The SMILES string of the molecule is Nc1c(Cl)cccc1N1CC(CS)CC1=O. The van der Waals surface area contributed by atoms with Gasteiger partial charge in [0, 0.05) is 13.0 Å². The van der Waals surface area contributed by atoms with Crippen LogP contribution in [0.3, 0.4) is 0 Å². The van der Waals surface area contributed by atoms with E-state index in [1.54, 1.807) is 17.0 Å². The number of amides is 1. The first-order valence-corrected chi connectivity index (χ1v) is 6.09. The van der Waals surface area contributed by atoms with Crippen LogP contribution in [0.4, 0.5) is 11.4 Å². The van der Waals surface area contributed by atoms with Gasteiger partial charge in [-0.25, -0.2) is 0 Å². The molecule has 5 heteroatoms. The van der Waals surface area contributed by atoms with E-state index in [-0.39, 0.29) is 5.91 Å². The number of rotatable bonds is 2. The summed E-state index contributed by atoms with van der Waals surface area (Å²) in [6.45, 7) is 0.673. The summed E-state index contributed by atoms with van der Waals surface area (Å²) in [4.78, 5) is 13.5. The summed E-state index contributed by atoms with van der Waals surface area (Å²) in [5, 5.41) is 0.486. The van der Waals surface area contributed by atoms with Crippen molar-refractivity contribution >= 4 is 41.5 Å². The van der Waals surface area contributed by atoms with Gasteiger partial charge < -0.3 is 10.6 Å². The van der Waals surface area contributed by atoms with Crippen molar-refractivity contribution in [2.24, 2.45) is 5.92 Å². The van der Waals surface area contributed by atoms with Crippen LogP contribution in [0, 0.1) is 5.92 Å². The summed E-state index contributed by atoms with van der Waals surface area (Å²) in [5.74, 6) is 1.10. The Bertz CT molecular complexity index is 424. The molecule has 1 amide bonds. The van der Waals surface area contributed by atoms with Gasteiger partial charge in [0.15, 0.2) is 0 Å². The Morgan fingerprint density at radius 2 is 2.31 bits per heavy atom. The largest absolute Gasteiger partial charge is 0.396 e. The Morgan fingerprint density at radius 3 is 2.94 bits per heavy atom. The summed E-state index contributed by atoms with van der Waals surface area (Å²) < 4.78 is 0. The summed E-state index contributed by atoms with van der Waals surface area (Å²) in [6, 6.07) is 5.34. The molecule has 3 nitrogen and oxygen atoms in total. The fourth-order valence-electron chi connectivity index (χ4n) is 1.90. The number of benzene rings is 1. The number of halogens is 1. The zero-order chi connectivity index (χ0) is 11.7. The van der Waals surface area contributed by atoms with Crippen LogP contribution in [0.15, 0.2) is 18.2 Å². The minimum absolute atomic E-state index is 0.0908. The minimum atomic E-state index is 0.0908. The zero-order valence-electron chi connectivity index (χ0n) is 8.69. The normalized spacial score (nSPS) is 20.5. The molecule has 0 radical (unpaired) electrons. The van der Waals surface area contributed by atoms with Crippen molar-refractivity contribution in [3.05, 3.63) is 23.2 Å². The highest BCUT2D eigenvalue weighted by Gasteiger charge is 2.30. The molecule has 0 saturated carbocycles. The van der Waals surface area contributed by atoms with Crippen LogP contribution < -0.4 is 10.6 Å². The van der Waals surface area contributed by atoms with Gasteiger partial charge in [0.05, 0.1) is 16.4 Å². The molecule has 1 aromatic rings. The van der Waals surface area contributed by atoms with E-state index in [1.165, 1.54) is 0 Å². The number of nitrogen functional groups attached to an aromatic ring is 1. The number of carbonyl (C=O) groups is 1. The maximum atomic E-state index is 11.8.